The fourth-order valence-corrected chi connectivity index (χ4v) is 0.940. The molecule has 0 aliphatic rings. The number of nitrogens with one attached hydrogen (secondary N) is 1. The Morgan fingerprint density at radius 2 is 2.17 bits per heavy atom. The van der Waals surface area contributed by atoms with Gasteiger partial charge in [0.2, 0.25) is 0 Å². The van der Waals surface area contributed by atoms with Crippen LogP contribution in [0.3, 0.4) is 0 Å². The van der Waals surface area contributed by atoms with Crippen LogP contribution in [-0.2, 0) is 0 Å². The number of para-hydroxylation sites is 2. The lowest BCUT2D eigenvalue weighted by Gasteiger charge is -2.13. The molecule has 0 heterocycles. The normalized spacial score (nSPS) is 12.5. The summed E-state index contributed by atoms with van der Waals surface area (Å²) in [6, 6.07) is 7.54. The van der Waals surface area contributed by atoms with Crippen molar-refractivity contribution in [3.05, 3.63) is 24.3 Å². The molecule has 1 rings (SSSR count). The summed E-state index contributed by atoms with van der Waals surface area (Å²) in [6.45, 7) is 2.00. The lowest BCUT2D eigenvalue weighted by molar-refractivity contribution is 0.281. The molecule has 0 amide bonds. The Morgan fingerprint density at radius 3 is 2.75 bits per heavy atom. The van der Waals surface area contributed by atoms with Gasteiger partial charge in [0.05, 0.1) is 18.0 Å². The van der Waals surface area contributed by atoms with Crippen molar-refractivity contribution in [3.63, 3.8) is 0 Å². The molecule has 0 aliphatic heterocycles. The second kappa shape index (κ2) is 3.97. The molecular weight excluding hydrogens is 152 g/mol. The minimum absolute atomic E-state index is 0.0368. The van der Waals surface area contributed by atoms with Gasteiger partial charge in [-0.1, -0.05) is 12.1 Å². The van der Waals surface area contributed by atoms with Crippen LogP contribution in [0.2, 0.25) is 0 Å². The van der Waals surface area contributed by atoms with Gasteiger partial charge in [-0.3, -0.25) is 0 Å². The Bertz CT molecular complexity index is 250. The van der Waals surface area contributed by atoms with Crippen molar-refractivity contribution in [1.82, 2.24) is 0 Å². The van der Waals surface area contributed by atoms with Gasteiger partial charge in [-0.25, -0.2) is 0 Å². The largest absolute Gasteiger partial charge is 0.397 e. The molecule has 0 spiro atoms. The molecule has 12 heavy (non-hydrogen) atoms. The first kappa shape index (κ1) is 8.87. The van der Waals surface area contributed by atoms with Gasteiger partial charge in [-0.2, -0.15) is 0 Å². The summed E-state index contributed by atoms with van der Waals surface area (Å²) in [5.41, 5.74) is 7.26. The number of benzene rings is 1. The highest BCUT2D eigenvalue weighted by Gasteiger charge is 2.01. The van der Waals surface area contributed by atoms with Gasteiger partial charge in [-0.15, -0.1) is 0 Å². The predicted molar refractivity (Wildman–Crippen MR) is 51.0 cm³/mol. The highest BCUT2D eigenvalue weighted by atomic mass is 16.3. The highest BCUT2D eigenvalue weighted by molar-refractivity contribution is 5.65. The van der Waals surface area contributed by atoms with E-state index in [2.05, 4.69) is 5.32 Å². The Labute approximate surface area is 72.2 Å². The van der Waals surface area contributed by atoms with E-state index in [0.29, 0.717) is 5.69 Å². The van der Waals surface area contributed by atoms with Crippen molar-refractivity contribution in [2.75, 3.05) is 17.7 Å². The van der Waals surface area contributed by atoms with Crippen LogP contribution in [0.5, 0.6) is 0 Å². The van der Waals surface area contributed by atoms with Crippen molar-refractivity contribution in [3.8, 4) is 0 Å². The summed E-state index contributed by atoms with van der Waals surface area (Å²) >= 11 is 0. The van der Waals surface area contributed by atoms with Gasteiger partial charge in [0.25, 0.3) is 0 Å². The minimum atomic E-state index is 0.0368. The van der Waals surface area contributed by atoms with Crippen LogP contribution in [0.25, 0.3) is 0 Å². The average molecular weight is 166 g/mol. The van der Waals surface area contributed by atoms with Crippen LogP contribution >= 0.6 is 0 Å². The molecule has 1 atom stereocenters. The van der Waals surface area contributed by atoms with Crippen LogP contribution in [-0.4, -0.2) is 17.8 Å². The number of rotatable bonds is 3. The number of aliphatic hydroxyl groups excluding tert-OH is 1. The molecular formula is C9H14N2O. The molecule has 0 saturated heterocycles. The lowest BCUT2D eigenvalue weighted by Crippen LogP contribution is -2.19. The van der Waals surface area contributed by atoms with Gasteiger partial charge in [0, 0.05) is 6.04 Å². The number of nitrogen functional groups attached to an aromatic ring is 1. The third kappa shape index (κ3) is 2.13. The zero-order valence-corrected chi connectivity index (χ0v) is 7.12. The number of hydrogen-bond acceptors (Lipinski definition) is 3. The molecule has 1 aromatic rings. The zero-order valence-electron chi connectivity index (χ0n) is 7.12. The van der Waals surface area contributed by atoms with E-state index in [-0.39, 0.29) is 12.6 Å². The van der Waals surface area contributed by atoms with Crippen LogP contribution < -0.4 is 11.1 Å². The minimum Gasteiger partial charge on any atom is -0.397 e. The van der Waals surface area contributed by atoms with Crippen LogP contribution in [0.4, 0.5) is 11.4 Å². The topological polar surface area (TPSA) is 58.3 Å². The Balaban J connectivity index is 2.69. The fraction of sp³-hybridized carbons (Fsp3) is 0.333. The van der Waals surface area contributed by atoms with Crippen molar-refractivity contribution in [2.45, 2.75) is 13.0 Å². The molecule has 4 N–H and O–H groups in total. The van der Waals surface area contributed by atoms with Crippen molar-refractivity contribution >= 4 is 11.4 Å². The van der Waals surface area contributed by atoms with Gasteiger partial charge in [0.15, 0.2) is 0 Å². The van der Waals surface area contributed by atoms with E-state index < -0.39 is 0 Å². The van der Waals surface area contributed by atoms with E-state index in [9.17, 15) is 0 Å². The summed E-state index contributed by atoms with van der Waals surface area (Å²) in [6.07, 6.45) is 0. The van der Waals surface area contributed by atoms with E-state index in [1.54, 1.807) is 0 Å². The van der Waals surface area contributed by atoms with E-state index in [0.717, 1.165) is 5.69 Å². The van der Waals surface area contributed by atoms with Crippen LogP contribution in [0, 0.1) is 0 Å². The maximum absolute atomic E-state index is 8.78. The van der Waals surface area contributed by atoms with Crippen molar-refractivity contribution in [1.29, 1.82) is 0 Å². The zero-order chi connectivity index (χ0) is 8.97. The summed E-state index contributed by atoms with van der Waals surface area (Å²) in [5, 5.41) is 11.9. The smallest absolute Gasteiger partial charge is 0.0630 e. The van der Waals surface area contributed by atoms with Gasteiger partial charge >= 0.3 is 0 Å². The number of hydrogen-bond donors (Lipinski definition) is 3. The molecule has 3 heteroatoms. The molecule has 66 valence electrons. The lowest BCUT2D eigenvalue weighted by atomic mass is 10.2. The average Bonchev–Trinajstić information content (AvgIpc) is 2.09. The number of nitrogens with two attached hydrogens (primary N) is 1. The van der Waals surface area contributed by atoms with E-state index in [4.69, 9.17) is 10.8 Å². The van der Waals surface area contributed by atoms with E-state index in [1.807, 2.05) is 31.2 Å². The Hall–Kier alpha value is -1.22. The van der Waals surface area contributed by atoms with Crippen LogP contribution in [0.15, 0.2) is 24.3 Å². The van der Waals surface area contributed by atoms with E-state index in [1.165, 1.54) is 0 Å². The van der Waals surface area contributed by atoms with Crippen LogP contribution in [0.1, 0.15) is 6.92 Å². The second-order valence-corrected chi connectivity index (χ2v) is 2.82. The Kier molecular flexibility index (Phi) is 2.94. The quantitative estimate of drug-likeness (QED) is 0.588. The molecule has 0 saturated carbocycles. The molecule has 0 radical (unpaired) electrons. The molecule has 3 nitrogen and oxygen atoms in total. The van der Waals surface area contributed by atoms with Crippen molar-refractivity contribution in [2.24, 2.45) is 0 Å². The molecule has 1 aromatic carbocycles. The number of anilines is 2. The third-order valence-corrected chi connectivity index (χ3v) is 1.64. The summed E-state index contributed by atoms with van der Waals surface area (Å²) in [7, 11) is 0. The predicted octanol–water partition coefficient (Wildman–Crippen LogP) is 1.06. The first-order valence-corrected chi connectivity index (χ1v) is 3.96. The van der Waals surface area contributed by atoms with Gasteiger partial charge in [-0.05, 0) is 19.1 Å². The molecule has 1 unspecified atom stereocenters. The van der Waals surface area contributed by atoms with Gasteiger partial charge in [0.1, 0.15) is 0 Å². The second-order valence-electron chi connectivity index (χ2n) is 2.82. The summed E-state index contributed by atoms with van der Waals surface area (Å²) < 4.78 is 0. The highest BCUT2D eigenvalue weighted by Crippen LogP contribution is 2.17. The fourth-order valence-electron chi connectivity index (χ4n) is 0.940. The first-order chi connectivity index (χ1) is 5.74. The summed E-state index contributed by atoms with van der Waals surface area (Å²) in [4.78, 5) is 0. The van der Waals surface area contributed by atoms with E-state index >= 15 is 0 Å². The molecule has 0 aliphatic carbocycles. The molecule has 0 aromatic heterocycles. The molecule has 0 fully saturated rings. The first-order valence-electron chi connectivity index (χ1n) is 3.96. The standard InChI is InChI=1S/C9H14N2O/c1-7(6-12)11-9-5-3-2-4-8(9)10/h2-5,7,11-12H,6,10H2,1H3. The monoisotopic (exact) mass is 166 g/mol. The SMILES string of the molecule is CC(CO)Nc1ccccc1N. The van der Waals surface area contributed by atoms with Gasteiger partial charge < -0.3 is 16.2 Å². The maximum Gasteiger partial charge on any atom is 0.0630 e. The summed E-state index contributed by atoms with van der Waals surface area (Å²) in [5.74, 6) is 0. The molecule has 0 bridgehead atoms. The third-order valence-electron chi connectivity index (χ3n) is 1.64. The Morgan fingerprint density at radius 1 is 1.50 bits per heavy atom. The number of aliphatic hydroxyl groups is 1. The van der Waals surface area contributed by atoms with Crippen molar-refractivity contribution < 1.29 is 5.11 Å². The maximum atomic E-state index is 8.78.